The van der Waals surface area contributed by atoms with Crippen molar-refractivity contribution in [3.8, 4) is 89.0 Å². The van der Waals surface area contributed by atoms with Crippen LogP contribution in [0.4, 0.5) is 11.8 Å². The molecule has 136 heavy (non-hydrogen) atoms. The highest BCUT2D eigenvalue weighted by molar-refractivity contribution is 6.32. The SMILES string of the molecule is CC(=O)C(OC(C)(C)C)c1c(C)c(-c2ccc(=O)[nH]c2)c2ccccc2c1-c1ccc(Cl)cc1.CC(=O)C(OC(C)(C)C)c1c(C)c(-c2ccc(Cl)cc2)c2ccccc2c1-c1ccc(Cl)cc1.CC(=O)C(OC(C)(C)C)c1c(C)c(-c2ccc(N)nc2)c2ccccc2c1-c1ccc(Cl)cc1.CC(=O)C(OC(C)(C)C)c1c(C)c(-c2cnc(N)nc2)c2ccccc2c1-c1ccc(Cl)cc1. The van der Waals surface area contributed by atoms with Crippen LogP contribution in [-0.4, -0.2) is 65.5 Å². The molecule has 13 aromatic carbocycles. The predicted molar refractivity (Wildman–Crippen MR) is 563 cm³/mol. The fourth-order valence-corrected chi connectivity index (χ4v) is 18.5. The number of aromatic amines is 1. The van der Waals surface area contributed by atoms with E-state index >= 15 is 0 Å². The van der Waals surface area contributed by atoms with Crippen LogP contribution in [0, 0.1) is 27.7 Å². The number of nitrogens with two attached hydrogens (primary N) is 2. The molecular weight excluding hydrogens is 1800 g/mol. The quantitative estimate of drug-likeness (QED) is 0.0645. The molecule has 4 atom stereocenters. The Labute approximate surface area is 821 Å². The number of pyridine rings is 2. The van der Waals surface area contributed by atoms with Gasteiger partial charge in [-0.25, -0.2) is 15.0 Å². The fraction of sp³-hybridized carbons (Fsp3) is 0.241. The van der Waals surface area contributed by atoms with Gasteiger partial charge >= 0.3 is 0 Å². The van der Waals surface area contributed by atoms with E-state index in [-0.39, 0.29) is 34.6 Å². The number of ether oxygens (including phenoxy) is 4. The number of ketones is 4. The first-order valence-corrected chi connectivity index (χ1v) is 46.9. The van der Waals surface area contributed by atoms with Crippen LogP contribution in [0.25, 0.3) is 132 Å². The van der Waals surface area contributed by atoms with Gasteiger partial charge in [0, 0.05) is 89.3 Å². The molecule has 20 heteroatoms. The van der Waals surface area contributed by atoms with Crippen LogP contribution in [0.15, 0.2) is 272 Å². The number of aromatic nitrogens is 4. The van der Waals surface area contributed by atoms with E-state index in [0.717, 1.165) is 177 Å². The Balaban J connectivity index is 0.000000153. The molecule has 3 heterocycles. The van der Waals surface area contributed by atoms with E-state index in [2.05, 4.69) is 82.3 Å². The zero-order valence-corrected chi connectivity index (χ0v) is 84.1. The number of carbonyl (C=O) groups excluding carboxylic acids is 4. The molecule has 0 aliphatic carbocycles. The smallest absolute Gasteiger partial charge is 0.247 e. The molecule has 0 saturated heterocycles. The molecule has 0 amide bonds. The Hall–Kier alpha value is -12.4. The summed E-state index contributed by atoms with van der Waals surface area (Å²) in [4.78, 5) is 79.5. The summed E-state index contributed by atoms with van der Waals surface area (Å²) in [5.41, 5.74) is 32.0. The van der Waals surface area contributed by atoms with Gasteiger partial charge in [-0.2, -0.15) is 0 Å². The normalized spacial score (nSPS) is 12.7. The summed E-state index contributed by atoms with van der Waals surface area (Å²) in [7, 11) is 0. The summed E-state index contributed by atoms with van der Waals surface area (Å²) in [6.07, 6.45) is 3.95. The Bertz CT molecular complexity index is 6690. The van der Waals surface area contributed by atoms with Crippen molar-refractivity contribution in [2.75, 3.05) is 11.5 Å². The number of hydrogen-bond acceptors (Lipinski definition) is 14. The first-order chi connectivity index (χ1) is 64.3. The van der Waals surface area contributed by atoms with E-state index in [0.29, 0.717) is 30.9 Å². The molecule has 696 valence electrons. The van der Waals surface area contributed by atoms with Gasteiger partial charge < -0.3 is 35.4 Å². The standard InChI is InChI=1S/C30H28Cl2O2.C29H29ClN2O2.C29H28ClNO3.C28H28ClN3O2/c1-18-26(20-10-14-22(31)15-11-20)24-8-6-7-9-25(24)28(21-12-16-23(32)17-13-21)27(18)29(19(2)33)34-30(3,4)5;1-17-25(20-12-15-24(31)32-16-20)22-8-6-7-9-23(22)27(19-10-13-21(30)14-11-19)26(17)28(18(2)33)34-29(3,4)5;1-17-25(20-12-15-24(33)31-16-20)22-8-6-7-9-23(22)27(19-10-13-21(30)14-11-19)26(17)28(18(2)32)34-29(3,4)5;1-16-23(19-14-31-27(30)32-15-19)21-8-6-7-9-22(21)25(18-10-12-20(29)13-11-18)24(16)26(17(2)33)34-28(3,4)5/h6-17,29H,1-5H3;6-16,28H,1-5H3,(H2,31,32);6-16,28H,1-5H3,(H,31,33);6-15,26H,1-5H3,(H2,30,31,32). The van der Waals surface area contributed by atoms with Crippen molar-refractivity contribution in [3.63, 3.8) is 0 Å². The number of nitrogens with one attached hydrogen (secondary N) is 1. The molecule has 16 rings (SSSR count). The number of anilines is 2. The van der Waals surface area contributed by atoms with E-state index in [1.54, 1.807) is 58.5 Å². The molecule has 0 spiro atoms. The predicted octanol–water partition coefficient (Wildman–Crippen LogP) is 31.0. The van der Waals surface area contributed by atoms with Gasteiger partial charge in [0.05, 0.1) is 22.4 Å². The Kier molecular flexibility index (Phi) is 31.3. The highest BCUT2D eigenvalue weighted by Crippen LogP contribution is 2.52. The lowest BCUT2D eigenvalue weighted by atomic mass is 9.81. The van der Waals surface area contributed by atoms with Crippen molar-refractivity contribution in [3.05, 3.63) is 347 Å². The minimum Gasteiger partial charge on any atom is -0.384 e. The van der Waals surface area contributed by atoms with Gasteiger partial charge in [-0.15, -0.1) is 0 Å². The number of hydrogen-bond donors (Lipinski definition) is 3. The molecule has 4 unspecified atom stereocenters. The molecule has 16 aromatic rings. The first-order valence-electron chi connectivity index (χ1n) is 45.0. The third-order valence-electron chi connectivity index (χ3n) is 23.2. The maximum Gasteiger partial charge on any atom is 0.247 e. The lowest BCUT2D eigenvalue weighted by Crippen LogP contribution is -2.27. The third-order valence-corrected chi connectivity index (χ3v) is 24.5. The van der Waals surface area contributed by atoms with E-state index in [1.807, 2.05) is 279 Å². The van der Waals surface area contributed by atoms with Gasteiger partial charge in [0.1, 0.15) is 30.2 Å². The van der Waals surface area contributed by atoms with E-state index in [9.17, 15) is 24.0 Å². The van der Waals surface area contributed by atoms with Gasteiger partial charge in [0.25, 0.3) is 0 Å². The number of halogens is 5. The second-order valence-electron chi connectivity index (χ2n) is 38.0. The maximum absolute atomic E-state index is 13.1. The molecule has 0 aliphatic heterocycles. The van der Waals surface area contributed by atoms with Crippen molar-refractivity contribution in [2.24, 2.45) is 0 Å². The average molecular weight is 1910 g/mol. The largest absolute Gasteiger partial charge is 0.384 e. The van der Waals surface area contributed by atoms with Gasteiger partial charge in [0.2, 0.25) is 11.5 Å². The number of carbonyl (C=O) groups is 4. The number of fused-ring (bicyclic) bond motifs is 4. The zero-order chi connectivity index (χ0) is 98.5. The molecule has 0 bridgehead atoms. The van der Waals surface area contributed by atoms with E-state index in [1.165, 1.54) is 6.07 Å². The van der Waals surface area contributed by atoms with Crippen LogP contribution in [0.1, 0.15) is 180 Å². The van der Waals surface area contributed by atoms with Crippen LogP contribution < -0.4 is 17.0 Å². The molecule has 0 radical (unpaired) electrons. The summed E-state index contributed by atoms with van der Waals surface area (Å²) in [5.74, 6) is 0.442. The number of Topliss-reactive ketones (excluding diaryl/α,β-unsaturated/α-hetero) is 4. The summed E-state index contributed by atoms with van der Waals surface area (Å²) >= 11 is 31.0. The lowest BCUT2D eigenvalue weighted by Gasteiger charge is -2.31. The second kappa shape index (κ2) is 42.1. The highest BCUT2D eigenvalue weighted by atomic mass is 35.5. The first kappa shape index (κ1) is 101. The van der Waals surface area contributed by atoms with Crippen LogP contribution in [0.3, 0.4) is 0 Å². The molecular formula is C116H113Cl5N6O9. The number of H-pyrrole nitrogens is 1. The van der Waals surface area contributed by atoms with E-state index < -0.39 is 46.8 Å². The van der Waals surface area contributed by atoms with Crippen LogP contribution in [0.2, 0.25) is 25.1 Å². The van der Waals surface area contributed by atoms with Gasteiger partial charge in [-0.3, -0.25) is 24.0 Å². The lowest BCUT2D eigenvalue weighted by molar-refractivity contribution is -0.139. The number of nitrogens with zero attached hydrogens (tertiary/aromatic N) is 3. The number of nitrogen functional groups attached to an aromatic ring is 2. The average Bonchev–Trinajstić information content (AvgIpc) is 0.747. The Morgan fingerprint density at radius 2 is 0.485 bits per heavy atom. The molecule has 3 aromatic heterocycles. The minimum atomic E-state index is -0.767. The van der Waals surface area contributed by atoms with Gasteiger partial charge in [0.15, 0.2) is 23.1 Å². The fourth-order valence-electron chi connectivity index (χ4n) is 17.9. The number of benzene rings is 13. The minimum absolute atomic E-state index is 0.0365. The Morgan fingerprint density at radius 1 is 0.279 bits per heavy atom. The Morgan fingerprint density at radius 3 is 0.706 bits per heavy atom. The summed E-state index contributed by atoms with van der Waals surface area (Å²) < 4.78 is 25.6. The second-order valence-corrected chi connectivity index (χ2v) is 40.2. The van der Waals surface area contributed by atoms with Crippen molar-refractivity contribution < 1.29 is 38.1 Å². The summed E-state index contributed by atoms with van der Waals surface area (Å²) in [5, 5.41) is 11.6. The van der Waals surface area contributed by atoms with Gasteiger partial charge in [-0.1, -0.05) is 216 Å². The van der Waals surface area contributed by atoms with Crippen molar-refractivity contribution in [1.82, 2.24) is 19.9 Å². The van der Waals surface area contributed by atoms with Crippen LogP contribution >= 0.6 is 58.0 Å². The number of rotatable bonds is 20. The highest BCUT2D eigenvalue weighted by Gasteiger charge is 2.37. The molecule has 0 saturated carbocycles. The topological polar surface area (TPSA) is 229 Å². The van der Waals surface area contributed by atoms with Crippen LogP contribution in [0.5, 0.6) is 0 Å². The maximum atomic E-state index is 13.1. The zero-order valence-electron chi connectivity index (χ0n) is 80.3. The van der Waals surface area contributed by atoms with Gasteiger partial charge in [-0.05, 0) is 361 Å². The summed E-state index contributed by atoms with van der Waals surface area (Å²) in [6.45, 7) is 38.0. The monoisotopic (exact) mass is 1910 g/mol. The van der Waals surface area contributed by atoms with E-state index in [4.69, 9.17) is 88.4 Å². The van der Waals surface area contributed by atoms with Crippen molar-refractivity contribution in [1.29, 1.82) is 0 Å². The molecule has 0 fully saturated rings. The molecule has 0 aliphatic rings. The molecule has 5 N–H and O–H groups in total. The third kappa shape index (κ3) is 23.3. The molecule has 15 nitrogen and oxygen atoms in total. The van der Waals surface area contributed by atoms with Crippen molar-refractivity contribution in [2.45, 2.75) is 185 Å². The summed E-state index contributed by atoms with van der Waals surface area (Å²) in [6, 6.07) is 78.6. The van der Waals surface area contributed by atoms with Crippen LogP contribution in [-0.2, 0) is 38.1 Å². The van der Waals surface area contributed by atoms with Crippen molar-refractivity contribution >= 4 is 136 Å².